The molecule has 8 nitrogen and oxygen atoms in total. The summed E-state index contributed by atoms with van der Waals surface area (Å²) >= 11 is 13.1. The number of hydrogen-bond donors (Lipinski definition) is 0. The van der Waals surface area contributed by atoms with Crippen LogP contribution in [0.4, 0.5) is 0 Å². The van der Waals surface area contributed by atoms with E-state index >= 15 is 0 Å². The van der Waals surface area contributed by atoms with Crippen LogP contribution in [-0.4, -0.2) is 61.9 Å². The van der Waals surface area contributed by atoms with Crippen LogP contribution in [0.5, 0.6) is 5.75 Å². The van der Waals surface area contributed by atoms with Gasteiger partial charge in [0.05, 0.1) is 27.5 Å². The lowest BCUT2D eigenvalue weighted by atomic mass is 9.75. The molecule has 38 heavy (non-hydrogen) atoms. The van der Waals surface area contributed by atoms with Gasteiger partial charge in [-0.2, -0.15) is 0 Å². The number of carbonyl (C=O) groups excluding carboxylic acids is 3. The number of carbonyl (C=O) groups is 3. The van der Waals surface area contributed by atoms with Gasteiger partial charge in [-0.25, -0.2) is 0 Å². The minimum Gasteiger partial charge on any atom is -0.487 e. The van der Waals surface area contributed by atoms with E-state index in [-0.39, 0.29) is 37.2 Å². The van der Waals surface area contributed by atoms with Gasteiger partial charge in [0.15, 0.2) is 6.10 Å². The van der Waals surface area contributed by atoms with E-state index in [4.69, 9.17) is 35.3 Å². The largest absolute Gasteiger partial charge is 0.487 e. The zero-order valence-electron chi connectivity index (χ0n) is 22.1. The molecule has 1 aliphatic rings. The molecule has 3 atom stereocenters. The van der Waals surface area contributed by atoms with E-state index in [1.807, 2.05) is 24.3 Å². The summed E-state index contributed by atoms with van der Waals surface area (Å²) in [5.41, 5.74) is 1.82. The monoisotopic (exact) mass is 678 g/mol. The van der Waals surface area contributed by atoms with Crippen LogP contribution in [0.15, 0.2) is 44.9 Å². The molecule has 0 bridgehead atoms. The maximum absolute atomic E-state index is 11.3. The number of allylic oxidation sites excluding steroid dienone is 2. The van der Waals surface area contributed by atoms with Crippen LogP contribution in [0, 0.1) is 0 Å². The minimum absolute atomic E-state index is 0.0563. The fourth-order valence-corrected chi connectivity index (χ4v) is 5.29. The summed E-state index contributed by atoms with van der Waals surface area (Å²) in [7, 11) is 0. The first-order valence-electron chi connectivity index (χ1n) is 12.0. The lowest BCUT2D eigenvalue weighted by Gasteiger charge is -2.31. The molecule has 1 unspecified atom stereocenters. The molecule has 0 saturated heterocycles. The molecular formula is C27H33Br2ClO8. The molecule has 2 rings (SSSR count). The Bertz CT molecular complexity index is 1050. The normalized spacial score (nSPS) is 16.7. The van der Waals surface area contributed by atoms with Crippen molar-refractivity contribution in [3.63, 3.8) is 0 Å². The first-order valence-corrected chi connectivity index (χ1v) is 14.1. The third kappa shape index (κ3) is 10.0. The van der Waals surface area contributed by atoms with Gasteiger partial charge >= 0.3 is 17.9 Å². The SMILES string of the molecule is CC(=O)OC[C@H](COC1C=CC(C(C)(C)c2cc(Br)c(OC[C@H](CCl)OC(C)=O)c(Br)c2)=CC1)OC(C)=O. The Morgan fingerprint density at radius 3 is 2.08 bits per heavy atom. The number of alkyl halides is 1. The predicted molar refractivity (Wildman–Crippen MR) is 150 cm³/mol. The van der Waals surface area contributed by atoms with Crippen molar-refractivity contribution in [1.82, 2.24) is 0 Å². The minimum atomic E-state index is -0.671. The van der Waals surface area contributed by atoms with Gasteiger partial charge in [0.2, 0.25) is 0 Å². The molecule has 1 aliphatic carbocycles. The number of rotatable bonds is 13. The van der Waals surface area contributed by atoms with Gasteiger partial charge in [0.25, 0.3) is 0 Å². The van der Waals surface area contributed by atoms with Gasteiger partial charge in [-0.05, 0) is 61.5 Å². The summed E-state index contributed by atoms with van der Waals surface area (Å²) in [5, 5.41) is 0. The summed E-state index contributed by atoms with van der Waals surface area (Å²) in [6.45, 7) is 8.35. The van der Waals surface area contributed by atoms with Crippen molar-refractivity contribution >= 4 is 61.4 Å². The zero-order valence-corrected chi connectivity index (χ0v) is 26.0. The van der Waals surface area contributed by atoms with E-state index in [0.29, 0.717) is 12.2 Å². The molecule has 0 saturated carbocycles. The van der Waals surface area contributed by atoms with Crippen molar-refractivity contribution in [2.75, 3.05) is 25.7 Å². The van der Waals surface area contributed by atoms with Crippen molar-refractivity contribution in [2.45, 2.75) is 64.8 Å². The maximum Gasteiger partial charge on any atom is 0.303 e. The van der Waals surface area contributed by atoms with Crippen LogP contribution in [0.1, 0.15) is 46.6 Å². The van der Waals surface area contributed by atoms with Gasteiger partial charge < -0.3 is 23.7 Å². The number of ether oxygens (including phenoxy) is 5. The highest BCUT2D eigenvalue weighted by Gasteiger charge is 2.28. The van der Waals surface area contributed by atoms with Crippen LogP contribution in [0.3, 0.4) is 0 Å². The molecule has 0 amide bonds. The highest BCUT2D eigenvalue weighted by atomic mass is 79.9. The van der Waals surface area contributed by atoms with Crippen LogP contribution >= 0.6 is 43.5 Å². The van der Waals surface area contributed by atoms with Gasteiger partial charge in [-0.15, -0.1) is 11.6 Å². The van der Waals surface area contributed by atoms with E-state index in [2.05, 4.69) is 51.8 Å². The van der Waals surface area contributed by atoms with E-state index in [1.54, 1.807) is 0 Å². The molecule has 1 aromatic rings. The molecule has 11 heteroatoms. The fourth-order valence-electron chi connectivity index (χ4n) is 3.73. The van der Waals surface area contributed by atoms with E-state index < -0.39 is 30.1 Å². The van der Waals surface area contributed by atoms with Crippen LogP contribution in [0.25, 0.3) is 0 Å². The Kier molecular flexibility index (Phi) is 12.8. The second-order valence-electron chi connectivity index (χ2n) is 9.25. The van der Waals surface area contributed by atoms with Gasteiger partial charge in [-0.1, -0.05) is 32.1 Å². The highest BCUT2D eigenvalue weighted by Crippen LogP contribution is 2.42. The standard InChI is InChI=1S/C27H33Br2ClO8/c1-16(31)34-14-23(38-18(3)33)15-35-21-8-6-19(7-9-21)27(4,5)20-10-24(28)26(25(29)11-20)36-13-22(12-30)37-17(2)32/h6-8,10-11,21-23H,9,12-15H2,1-5H3/t21?,22-,23+/m0/s1. The predicted octanol–water partition coefficient (Wildman–Crippen LogP) is 5.80. The Morgan fingerprint density at radius 2 is 1.58 bits per heavy atom. The number of benzene rings is 1. The molecule has 210 valence electrons. The summed E-state index contributed by atoms with van der Waals surface area (Å²) in [6, 6.07) is 4.00. The molecule has 0 aromatic heterocycles. The second kappa shape index (κ2) is 15.1. The smallest absolute Gasteiger partial charge is 0.303 e. The van der Waals surface area contributed by atoms with Gasteiger partial charge in [-0.3, -0.25) is 14.4 Å². The number of hydrogen-bond acceptors (Lipinski definition) is 8. The Labute approximate surface area is 245 Å². The second-order valence-corrected chi connectivity index (χ2v) is 11.3. The quantitative estimate of drug-likeness (QED) is 0.147. The first-order chi connectivity index (χ1) is 17.8. The third-order valence-electron chi connectivity index (χ3n) is 5.72. The molecule has 1 aromatic carbocycles. The maximum atomic E-state index is 11.3. The van der Waals surface area contributed by atoms with Crippen molar-refractivity contribution in [3.8, 4) is 5.75 Å². The van der Waals surface area contributed by atoms with E-state index in [1.165, 1.54) is 20.8 Å². The van der Waals surface area contributed by atoms with Crippen molar-refractivity contribution in [3.05, 3.63) is 50.4 Å². The number of esters is 3. The lowest BCUT2D eigenvalue weighted by Crippen LogP contribution is -2.31. The molecule has 0 spiro atoms. The summed E-state index contributed by atoms with van der Waals surface area (Å²) in [6.07, 6.45) is 5.32. The average molecular weight is 681 g/mol. The van der Waals surface area contributed by atoms with E-state index in [0.717, 1.165) is 20.1 Å². The topological polar surface area (TPSA) is 97.4 Å². The lowest BCUT2D eigenvalue weighted by molar-refractivity contribution is -0.160. The van der Waals surface area contributed by atoms with Crippen LogP contribution in [0.2, 0.25) is 0 Å². The van der Waals surface area contributed by atoms with Crippen molar-refractivity contribution in [2.24, 2.45) is 0 Å². The summed E-state index contributed by atoms with van der Waals surface area (Å²) in [5.74, 6) is -0.617. The summed E-state index contributed by atoms with van der Waals surface area (Å²) < 4.78 is 28.6. The highest BCUT2D eigenvalue weighted by molar-refractivity contribution is 9.11. The molecule has 0 heterocycles. The summed E-state index contributed by atoms with van der Waals surface area (Å²) in [4.78, 5) is 33.7. The van der Waals surface area contributed by atoms with Crippen molar-refractivity contribution < 1.29 is 38.1 Å². The van der Waals surface area contributed by atoms with Gasteiger partial charge in [0, 0.05) is 26.2 Å². The Balaban J connectivity index is 2.05. The van der Waals surface area contributed by atoms with Crippen LogP contribution < -0.4 is 4.74 Å². The fraction of sp³-hybridized carbons (Fsp3) is 0.519. The first kappa shape index (κ1) is 32.3. The zero-order chi connectivity index (χ0) is 28.5. The Hall–Kier alpha value is -1.88. The Morgan fingerprint density at radius 1 is 0.974 bits per heavy atom. The average Bonchev–Trinajstić information content (AvgIpc) is 2.83. The molecular weight excluding hydrogens is 648 g/mol. The van der Waals surface area contributed by atoms with E-state index in [9.17, 15) is 14.4 Å². The molecule has 0 fully saturated rings. The molecule has 0 N–H and O–H groups in total. The third-order valence-corrected chi connectivity index (χ3v) is 7.24. The molecule has 0 radical (unpaired) electrons. The molecule has 0 aliphatic heterocycles. The van der Waals surface area contributed by atoms with Crippen LogP contribution in [-0.2, 0) is 38.7 Å². The van der Waals surface area contributed by atoms with Gasteiger partial charge in [0.1, 0.15) is 25.1 Å². The van der Waals surface area contributed by atoms with Crippen molar-refractivity contribution in [1.29, 1.82) is 0 Å². The number of halogens is 3.